The van der Waals surface area contributed by atoms with Gasteiger partial charge in [0.15, 0.2) is 11.6 Å². The lowest BCUT2D eigenvalue weighted by molar-refractivity contribution is -0.139. The molecule has 0 fully saturated rings. The van der Waals surface area contributed by atoms with Crippen molar-refractivity contribution in [2.24, 2.45) is 17.2 Å². The molecule has 0 aromatic heterocycles. The molecule has 0 heterocycles. The van der Waals surface area contributed by atoms with Gasteiger partial charge in [-0.05, 0) is 80.4 Å². The highest BCUT2D eigenvalue weighted by Gasteiger charge is 2.29. The van der Waals surface area contributed by atoms with Crippen molar-refractivity contribution in [3.63, 3.8) is 0 Å². The Labute approximate surface area is 289 Å². The van der Waals surface area contributed by atoms with E-state index in [1.165, 1.54) is 0 Å². The van der Waals surface area contributed by atoms with E-state index in [9.17, 15) is 24.3 Å². The number of hydrogen-bond acceptors (Lipinski definition) is 11. The zero-order valence-corrected chi connectivity index (χ0v) is 28.5. The van der Waals surface area contributed by atoms with Crippen LogP contribution in [-0.2, 0) is 19.1 Å². The first-order valence-electron chi connectivity index (χ1n) is 17.5. The van der Waals surface area contributed by atoms with Crippen molar-refractivity contribution in [2.45, 2.75) is 81.8 Å². The largest absolute Gasteiger partial charge is 0.480 e. The fraction of sp³-hybridized carbons (Fsp3) is 0.556. The molecule has 2 aromatic carbocycles. The second-order valence-electron chi connectivity index (χ2n) is 12.4. The number of benzene rings is 2. The van der Waals surface area contributed by atoms with Gasteiger partial charge in [0, 0.05) is 5.92 Å². The van der Waals surface area contributed by atoms with Crippen LogP contribution in [0.5, 0.6) is 0 Å². The van der Waals surface area contributed by atoms with Crippen molar-refractivity contribution in [2.75, 3.05) is 46.0 Å². The molecule has 11 N–H and O–H groups in total. The first kappa shape index (κ1) is 39.7. The van der Waals surface area contributed by atoms with Crippen LogP contribution < -0.4 is 38.5 Å². The van der Waals surface area contributed by atoms with Crippen molar-refractivity contribution in [1.29, 1.82) is 0 Å². The number of hydrogen-bond donors (Lipinski definition) is 8. The highest BCUT2D eigenvalue weighted by atomic mass is 16.5. The molecule has 3 atom stereocenters. The van der Waals surface area contributed by atoms with Crippen molar-refractivity contribution in [1.82, 2.24) is 21.3 Å². The predicted octanol–water partition coefficient (Wildman–Crippen LogP) is 1.97. The summed E-state index contributed by atoms with van der Waals surface area (Å²) in [5.74, 6) is -1.48. The molecule has 13 nitrogen and oxygen atoms in total. The Morgan fingerprint density at radius 2 is 1.10 bits per heavy atom. The quantitative estimate of drug-likeness (QED) is 0.0527. The van der Waals surface area contributed by atoms with E-state index in [1.807, 2.05) is 24.3 Å². The number of carbonyl (C=O) groups excluding carboxylic acids is 3. The molecule has 1 amide bonds. The normalized spacial score (nSPS) is 14.0. The number of aliphatic carboxylic acids is 1. The van der Waals surface area contributed by atoms with Crippen LogP contribution in [0, 0.1) is 0 Å². The summed E-state index contributed by atoms with van der Waals surface area (Å²) in [4.78, 5) is 50.9. The molecule has 1 aliphatic rings. The molecule has 13 heteroatoms. The van der Waals surface area contributed by atoms with Crippen LogP contribution >= 0.6 is 0 Å². The minimum Gasteiger partial charge on any atom is -0.480 e. The molecule has 0 saturated heterocycles. The maximum absolute atomic E-state index is 13.4. The third kappa shape index (κ3) is 12.9. The Kier molecular flexibility index (Phi) is 17.9. The second kappa shape index (κ2) is 22.1. The van der Waals surface area contributed by atoms with E-state index in [-0.39, 0.29) is 43.8 Å². The van der Waals surface area contributed by atoms with E-state index >= 15 is 0 Å². The number of carboxylic acid groups (broad SMARTS) is 1. The second-order valence-corrected chi connectivity index (χ2v) is 12.4. The van der Waals surface area contributed by atoms with Gasteiger partial charge in [-0.3, -0.25) is 25.0 Å². The standard InChI is InChI=1S/C36H55N7O6/c37-18-8-5-15-30(33(44)22-41-32(35(46)47)17-7-10-20-39)40-21-34(45)31(16-6-9-19-38)42-24-43-36(48)49-23-29-27-13-3-1-11-25(27)26-12-2-4-14-28(26)29/h1-4,11-14,29-32,40-42H,5-10,15-24,37-39H2,(H,43,48)(H,46,47)/t30-,31-,32-/m0/s1. The average molecular weight is 682 g/mol. The lowest BCUT2D eigenvalue weighted by Gasteiger charge is -2.22. The fourth-order valence-electron chi connectivity index (χ4n) is 6.13. The highest BCUT2D eigenvalue weighted by molar-refractivity contribution is 5.89. The summed E-state index contributed by atoms with van der Waals surface area (Å²) < 4.78 is 5.62. The minimum atomic E-state index is -1.02. The summed E-state index contributed by atoms with van der Waals surface area (Å²) in [6.07, 6.45) is 4.90. The van der Waals surface area contributed by atoms with Crippen LogP contribution in [0.15, 0.2) is 48.5 Å². The molecule has 1 aliphatic carbocycles. The van der Waals surface area contributed by atoms with Gasteiger partial charge in [0.1, 0.15) is 12.6 Å². The summed E-state index contributed by atoms with van der Waals surface area (Å²) >= 11 is 0. The molecular formula is C36H55N7O6. The Morgan fingerprint density at radius 1 is 0.653 bits per heavy atom. The van der Waals surface area contributed by atoms with Gasteiger partial charge in [0.05, 0.1) is 31.8 Å². The molecule has 49 heavy (non-hydrogen) atoms. The molecule has 270 valence electrons. The monoisotopic (exact) mass is 681 g/mol. The number of unbranched alkanes of at least 4 members (excludes halogenated alkanes) is 3. The average Bonchev–Trinajstić information content (AvgIpc) is 3.42. The van der Waals surface area contributed by atoms with E-state index in [0.717, 1.165) is 28.7 Å². The first-order chi connectivity index (χ1) is 23.8. The van der Waals surface area contributed by atoms with Gasteiger partial charge in [0.25, 0.3) is 0 Å². The number of amides is 1. The van der Waals surface area contributed by atoms with Crippen molar-refractivity contribution >= 4 is 23.6 Å². The van der Waals surface area contributed by atoms with Gasteiger partial charge >= 0.3 is 12.1 Å². The number of Topliss-reactive ketones (excluding diaryl/α,β-unsaturated/α-hetero) is 2. The number of nitrogens with two attached hydrogens (primary N) is 3. The van der Waals surface area contributed by atoms with Crippen LogP contribution in [-0.4, -0.2) is 92.9 Å². The summed E-state index contributed by atoms with van der Waals surface area (Å²) in [7, 11) is 0. The Hall–Kier alpha value is -3.72. The number of rotatable bonds is 26. The molecule has 3 rings (SSSR count). The molecule has 0 spiro atoms. The Bertz CT molecular complexity index is 1300. The summed E-state index contributed by atoms with van der Waals surface area (Å²) in [5.41, 5.74) is 21.4. The van der Waals surface area contributed by atoms with Crippen molar-refractivity contribution in [3.8, 4) is 11.1 Å². The molecule has 0 saturated carbocycles. The fourth-order valence-corrected chi connectivity index (χ4v) is 6.13. The zero-order chi connectivity index (χ0) is 35.4. The molecule has 0 aliphatic heterocycles. The van der Waals surface area contributed by atoms with Crippen LogP contribution in [0.2, 0.25) is 0 Å². The van der Waals surface area contributed by atoms with Crippen LogP contribution in [0.25, 0.3) is 11.1 Å². The minimum absolute atomic E-state index is 0.0131. The highest BCUT2D eigenvalue weighted by Crippen LogP contribution is 2.44. The van der Waals surface area contributed by atoms with Crippen molar-refractivity contribution in [3.05, 3.63) is 59.7 Å². The smallest absolute Gasteiger partial charge is 0.408 e. The summed E-state index contributed by atoms with van der Waals surface area (Å²) in [6, 6.07) is 14.1. The topological polar surface area (TPSA) is 224 Å². The maximum atomic E-state index is 13.4. The number of alkyl carbamates (subject to hydrolysis) is 1. The third-order valence-corrected chi connectivity index (χ3v) is 8.89. The number of carboxylic acids is 1. The van der Waals surface area contributed by atoms with Crippen LogP contribution in [0.1, 0.15) is 74.8 Å². The van der Waals surface area contributed by atoms with E-state index in [0.29, 0.717) is 71.0 Å². The van der Waals surface area contributed by atoms with Crippen LogP contribution in [0.4, 0.5) is 4.79 Å². The van der Waals surface area contributed by atoms with Crippen LogP contribution in [0.3, 0.4) is 0 Å². The molecular weight excluding hydrogens is 626 g/mol. The third-order valence-electron chi connectivity index (χ3n) is 8.89. The lowest BCUT2D eigenvalue weighted by Crippen LogP contribution is -2.50. The Balaban J connectivity index is 1.52. The van der Waals surface area contributed by atoms with Gasteiger partial charge in [-0.2, -0.15) is 0 Å². The van der Waals surface area contributed by atoms with Gasteiger partial charge in [0.2, 0.25) is 0 Å². The van der Waals surface area contributed by atoms with E-state index in [1.54, 1.807) is 0 Å². The molecule has 0 bridgehead atoms. The summed E-state index contributed by atoms with van der Waals surface area (Å²) in [5, 5.41) is 21.3. The molecule has 0 radical (unpaired) electrons. The van der Waals surface area contributed by atoms with Gasteiger partial charge in [-0.15, -0.1) is 0 Å². The first-order valence-corrected chi connectivity index (χ1v) is 17.5. The van der Waals surface area contributed by atoms with E-state index < -0.39 is 30.2 Å². The van der Waals surface area contributed by atoms with E-state index in [4.69, 9.17) is 21.9 Å². The Morgan fingerprint density at radius 3 is 1.59 bits per heavy atom. The van der Waals surface area contributed by atoms with Gasteiger partial charge in [-0.25, -0.2) is 4.79 Å². The number of nitrogens with one attached hydrogen (secondary N) is 4. The van der Waals surface area contributed by atoms with Gasteiger partial charge in [-0.1, -0.05) is 67.8 Å². The number of fused-ring (bicyclic) bond motifs is 3. The van der Waals surface area contributed by atoms with Crippen molar-refractivity contribution < 1.29 is 29.0 Å². The lowest BCUT2D eigenvalue weighted by atomic mass is 9.98. The van der Waals surface area contributed by atoms with Gasteiger partial charge < -0.3 is 37.7 Å². The number of ketones is 2. The zero-order valence-electron chi connectivity index (χ0n) is 28.5. The molecule has 0 unspecified atom stereocenters. The molecule has 2 aromatic rings. The van der Waals surface area contributed by atoms with E-state index in [2.05, 4.69) is 45.5 Å². The SMILES string of the molecule is NCCCC[C@H](NCC(=O)[C@H](CCCCN)NCC(=O)[C@H](CCCCN)NCNC(=O)OCC1c2ccccc2-c2ccccc21)C(=O)O. The number of ether oxygens (including phenoxy) is 1. The predicted molar refractivity (Wildman–Crippen MR) is 190 cm³/mol. The maximum Gasteiger partial charge on any atom is 0.408 e. The number of carbonyl (C=O) groups is 4. The summed E-state index contributed by atoms with van der Waals surface area (Å²) in [6.45, 7) is 1.41.